The van der Waals surface area contributed by atoms with E-state index in [4.69, 9.17) is 4.74 Å². The largest absolute Gasteiger partial charge is 0.371 e. The maximum absolute atomic E-state index is 12.2. The van der Waals surface area contributed by atoms with E-state index in [1.54, 1.807) is 0 Å². The van der Waals surface area contributed by atoms with E-state index in [9.17, 15) is 4.79 Å². The Morgan fingerprint density at radius 3 is 2.35 bits per heavy atom. The third kappa shape index (κ3) is 4.04. The summed E-state index contributed by atoms with van der Waals surface area (Å²) < 4.78 is 5.41. The van der Waals surface area contributed by atoms with Gasteiger partial charge in [-0.05, 0) is 31.4 Å². The summed E-state index contributed by atoms with van der Waals surface area (Å²) in [5, 5.41) is 0. The summed E-state index contributed by atoms with van der Waals surface area (Å²) in [6.07, 6.45) is 0.838. The molecule has 0 saturated carbocycles. The highest BCUT2D eigenvalue weighted by Crippen LogP contribution is 2.15. The van der Waals surface area contributed by atoms with Crippen molar-refractivity contribution in [2.45, 2.75) is 26.4 Å². The standard InChI is InChI=1S/C18H20O2/c1-14(2)20-13-18(19)17-11-7-6-10-16(17)12-15-8-4-3-5-9-15/h3-11,14H,12-13H2,1-2H3. The summed E-state index contributed by atoms with van der Waals surface area (Å²) in [7, 11) is 0. The summed E-state index contributed by atoms with van der Waals surface area (Å²) in [5.41, 5.74) is 3.02. The molecule has 2 aromatic rings. The third-order valence-electron chi connectivity index (χ3n) is 3.10. The van der Waals surface area contributed by atoms with Crippen molar-refractivity contribution in [1.29, 1.82) is 0 Å². The number of ether oxygens (including phenoxy) is 1. The van der Waals surface area contributed by atoms with Gasteiger partial charge in [0.1, 0.15) is 6.61 Å². The van der Waals surface area contributed by atoms with Crippen molar-refractivity contribution in [3.05, 3.63) is 71.3 Å². The van der Waals surface area contributed by atoms with Crippen LogP contribution in [0.1, 0.15) is 35.3 Å². The maximum atomic E-state index is 12.2. The SMILES string of the molecule is CC(C)OCC(=O)c1ccccc1Cc1ccccc1. The van der Waals surface area contributed by atoms with Gasteiger partial charge in [0.15, 0.2) is 5.78 Å². The van der Waals surface area contributed by atoms with Gasteiger partial charge in [-0.25, -0.2) is 0 Å². The Morgan fingerprint density at radius 2 is 1.65 bits per heavy atom. The van der Waals surface area contributed by atoms with Crippen LogP contribution < -0.4 is 0 Å². The van der Waals surface area contributed by atoms with Gasteiger partial charge in [-0.15, -0.1) is 0 Å². The van der Waals surface area contributed by atoms with Gasteiger partial charge in [0.25, 0.3) is 0 Å². The lowest BCUT2D eigenvalue weighted by Crippen LogP contribution is -2.15. The van der Waals surface area contributed by atoms with Crippen molar-refractivity contribution in [3.8, 4) is 0 Å². The molecule has 20 heavy (non-hydrogen) atoms. The fourth-order valence-corrected chi connectivity index (χ4v) is 2.08. The molecule has 0 spiro atoms. The second kappa shape index (κ2) is 7.01. The lowest BCUT2D eigenvalue weighted by molar-refractivity contribution is 0.0584. The molecule has 0 N–H and O–H groups in total. The van der Waals surface area contributed by atoms with E-state index in [1.807, 2.05) is 56.3 Å². The molecule has 0 unspecified atom stereocenters. The van der Waals surface area contributed by atoms with Gasteiger partial charge in [-0.3, -0.25) is 4.79 Å². The zero-order valence-electron chi connectivity index (χ0n) is 12.0. The maximum Gasteiger partial charge on any atom is 0.188 e. The van der Waals surface area contributed by atoms with Crippen molar-refractivity contribution < 1.29 is 9.53 Å². The Morgan fingerprint density at radius 1 is 1.00 bits per heavy atom. The van der Waals surface area contributed by atoms with Crippen molar-refractivity contribution in [2.24, 2.45) is 0 Å². The first-order chi connectivity index (χ1) is 9.66. The van der Waals surface area contributed by atoms with E-state index >= 15 is 0 Å². The quantitative estimate of drug-likeness (QED) is 0.743. The number of carbonyl (C=O) groups excluding carboxylic acids is 1. The molecule has 0 aliphatic carbocycles. The van der Waals surface area contributed by atoms with Gasteiger partial charge in [0.05, 0.1) is 6.10 Å². The smallest absolute Gasteiger partial charge is 0.188 e. The summed E-state index contributed by atoms with van der Waals surface area (Å²) in [5.74, 6) is 0.0465. The van der Waals surface area contributed by atoms with E-state index in [1.165, 1.54) is 5.56 Å². The number of hydrogen-bond donors (Lipinski definition) is 0. The van der Waals surface area contributed by atoms with Gasteiger partial charge in [0, 0.05) is 5.56 Å². The predicted molar refractivity (Wildman–Crippen MR) is 81.1 cm³/mol. The molecule has 104 valence electrons. The van der Waals surface area contributed by atoms with Crippen LogP contribution in [0.4, 0.5) is 0 Å². The summed E-state index contributed by atoms with van der Waals surface area (Å²) in [6.45, 7) is 4.01. The van der Waals surface area contributed by atoms with Crippen LogP contribution in [0.2, 0.25) is 0 Å². The molecule has 2 rings (SSSR count). The molecule has 0 aromatic heterocycles. The molecular formula is C18H20O2. The number of hydrogen-bond acceptors (Lipinski definition) is 2. The van der Waals surface area contributed by atoms with Gasteiger partial charge >= 0.3 is 0 Å². The molecule has 0 aliphatic rings. The average Bonchev–Trinajstić information content (AvgIpc) is 2.46. The van der Waals surface area contributed by atoms with Crippen molar-refractivity contribution >= 4 is 5.78 Å². The molecule has 0 bridgehead atoms. The van der Waals surface area contributed by atoms with E-state index in [-0.39, 0.29) is 18.5 Å². The summed E-state index contributed by atoms with van der Waals surface area (Å²) in [6, 6.07) is 17.9. The highest BCUT2D eigenvalue weighted by Gasteiger charge is 2.12. The fraction of sp³-hybridized carbons (Fsp3) is 0.278. The number of Topliss-reactive ketones (excluding diaryl/α,β-unsaturated/α-hetero) is 1. The van der Waals surface area contributed by atoms with Crippen LogP contribution in [0.25, 0.3) is 0 Å². The van der Waals surface area contributed by atoms with Crippen LogP contribution in [0, 0.1) is 0 Å². The zero-order chi connectivity index (χ0) is 14.4. The Balaban J connectivity index is 2.16. The molecule has 2 aromatic carbocycles. The normalized spacial score (nSPS) is 10.8. The van der Waals surface area contributed by atoms with Crippen molar-refractivity contribution in [3.63, 3.8) is 0 Å². The van der Waals surface area contributed by atoms with Crippen LogP contribution in [-0.2, 0) is 11.2 Å². The Hall–Kier alpha value is -1.93. The minimum absolute atomic E-state index is 0.0465. The van der Waals surface area contributed by atoms with E-state index in [0.29, 0.717) is 0 Å². The molecule has 0 saturated heterocycles. The molecule has 2 heteroatoms. The highest BCUT2D eigenvalue weighted by molar-refractivity contribution is 5.98. The number of carbonyl (C=O) groups is 1. The van der Waals surface area contributed by atoms with Crippen LogP contribution in [0.15, 0.2) is 54.6 Å². The van der Waals surface area contributed by atoms with Gasteiger partial charge in [-0.2, -0.15) is 0 Å². The summed E-state index contributed by atoms with van der Waals surface area (Å²) in [4.78, 5) is 12.2. The Kier molecular flexibility index (Phi) is 5.08. The van der Waals surface area contributed by atoms with Gasteiger partial charge in [0.2, 0.25) is 0 Å². The van der Waals surface area contributed by atoms with E-state index in [2.05, 4.69) is 12.1 Å². The monoisotopic (exact) mass is 268 g/mol. The van der Waals surface area contributed by atoms with Crippen LogP contribution in [-0.4, -0.2) is 18.5 Å². The Labute approximate surface area is 120 Å². The molecular weight excluding hydrogens is 248 g/mol. The molecule has 0 heterocycles. The fourth-order valence-electron chi connectivity index (χ4n) is 2.08. The first-order valence-corrected chi connectivity index (χ1v) is 6.93. The minimum Gasteiger partial charge on any atom is -0.371 e. The Bertz CT molecular complexity index is 559. The molecule has 0 fully saturated rings. The molecule has 0 aliphatic heterocycles. The second-order valence-corrected chi connectivity index (χ2v) is 5.10. The molecule has 2 nitrogen and oxygen atoms in total. The molecule has 0 atom stereocenters. The van der Waals surface area contributed by atoms with Crippen molar-refractivity contribution in [1.82, 2.24) is 0 Å². The van der Waals surface area contributed by atoms with Crippen LogP contribution >= 0.6 is 0 Å². The molecule has 0 radical (unpaired) electrons. The lowest BCUT2D eigenvalue weighted by Gasteiger charge is -2.10. The zero-order valence-corrected chi connectivity index (χ0v) is 12.0. The van der Waals surface area contributed by atoms with E-state index in [0.717, 1.165) is 17.5 Å². The number of benzene rings is 2. The number of rotatable bonds is 6. The van der Waals surface area contributed by atoms with Crippen LogP contribution in [0.5, 0.6) is 0 Å². The van der Waals surface area contributed by atoms with Crippen molar-refractivity contribution in [2.75, 3.05) is 6.61 Å². The first kappa shape index (κ1) is 14.5. The minimum atomic E-state index is 0.0465. The lowest BCUT2D eigenvalue weighted by atomic mass is 9.97. The third-order valence-corrected chi connectivity index (χ3v) is 3.10. The second-order valence-electron chi connectivity index (χ2n) is 5.10. The van der Waals surface area contributed by atoms with Gasteiger partial charge in [-0.1, -0.05) is 54.6 Å². The van der Waals surface area contributed by atoms with Crippen LogP contribution in [0.3, 0.4) is 0 Å². The summed E-state index contributed by atoms with van der Waals surface area (Å²) >= 11 is 0. The molecule has 0 amide bonds. The topological polar surface area (TPSA) is 26.3 Å². The first-order valence-electron chi connectivity index (χ1n) is 6.93. The number of ketones is 1. The van der Waals surface area contributed by atoms with Gasteiger partial charge < -0.3 is 4.74 Å². The average molecular weight is 268 g/mol. The van der Waals surface area contributed by atoms with E-state index < -0.39 is 0 Å². The predicted octanol–water partition coefficient (Wildman–Crippen LogP) is 3.89. The highest BCUT2D eigenvalue weighted by atomic mass is 16.5.